The van der Waals surface area contributed by atoms with E-state index in [4.69, 9.17) is 0 Å². The second kappa shape index (κ2) is 6.42. The molecule has 0 fully saturated rings. The first-order valence-electron chi connectivity index (χ1n) is 5.32. The molecular formula is C14H22. The van der Waals surface area contributed by atoms with Crippen molar-refractivity contribution >= 4 is 6.08 Å². The topological polar surface area (TPSA) is 0 Å². The first-order chi connectivity index (χ1) is 6.58. The summed E-state index contributed by atoms with van der Waals surface area (Å²) in [6.45, 7) is 10.6. The molecule has 0 radical (unpaired) electrons. The number of rotatable bonds is 1. The van der Waals surface area contributed by atoms with Gasteiger partial charge in [0.25, 0.3) is 0 Å². The maximum Gasteiger partial charge on any atom is -0.0200 e. The fourth-order valence-electron chi connectivity index (χ4n) is 0.910. The van der Waals surface area contributed by atoms with Crippen LogP contribution in [0.2, 0.25) is 0 Å². The molecule has 0 spiro atoms. The Hall–Kier alpha value is -1.04. The monoisotopic (exact) mass is 190 g/mol. The Morgan fingerprint density at radius 3 is 1.86 bits per heavy atom. The van der Waals surface area contributed by atoms with Gasteiger partial charge in [-0.1, -0.05) is 77.1 Å². The molecule has 0 heterocycles. The van der Waals surface area contributed by atoms with Crippen LogP contribution in [0.25, 0.3) is 6.08 Å². The molecule has 0 unspecified atom stereocenters. The van der Waals surface area contributed by atoms with E-state index in [1.807, 2.05) is 19.9 Å². The van der Waals surface area contributed by atoms with Crippen LogP contribution >= 0.6 is 0 Å². The summed E-state index contributed by atoms with van der Waals surface area (Å²) in [5.41, 5.74) is 1.54. The van der Waals surface area contributed by atoms with Crippen LogP contribution in [0.4, 0.5) is 0 Å². The zero-order valence-electron chi connectivity index (χ0n) is 10.0. The predicted molar refractivity (Wildman–Crippen MR) is 66.3 cm³/mol. The number of allylic oxidation sites excluding steroid dienone is 1. The maximum absolute atomic E-state index is 2.22. The highest BCUT2D eigenvalue weighted by Crippen LogP contribution is 2.16. The zero-order chi connectivity index (χ0) is 11.0. The molecule has 1 aromatic carbocycles. The van der Waals surface area contributed by atoms with Gasteiger partial charge in [0.1, 0.15) is 0 Å². The summed E-state index contributed by atoms with van der Waals surface area (Å²) in [6, 6.07) is 10.4. The molecule has 0 saturated heterocycles. The van der Waals surface area contributed by atoms with Crippen molar-refractivity contribution in [2.75, 3.05) is 0 Å². The largest absolute Gasteiger partial charge is 0.0785 e. The van der Waals surface area contributed by atoms with Gasteiger partial charge in [-0.2, -0.15) is 0 Å². The van der Waals surface area contributed by atoms with E-state index in [0.717, 1.165) is 0 Å². The molecule has 0 N–H and O–H groups in total. The number of hydrogen-bond donors (Lipinski definition) is 0. The highest BCUT2D eigenvalue weighted by Gasteiger charge is 2.02. The normalized spacial score (nSPS) is 10.9. The molecule has 0 bridgehead atoms. The summed E-state index contributed by atoms with van der Waals surface area (Å²) in [6.07, 6.45) is 4.39. The summed E-state index contributed by atoms with van der Waals surface area (Å²) in [4.78, 5) is 0. The van der Waals surface area contributed by atoms with Crippen LogP contribution in [0.1, 0.15) is 40.2 Å². The molecule has 0 aliphatic heterocycles. The fourth-order valence-corrected chi connectivity index (χ4v) is 0.910. The summed E-state index contributed by atoms with van der Waals surface area (Å²) >= 11 is 0. The number of hydrogen-bond acceptors (Lipinski definition) is 0. The minimum Gasteiger partial charge on any atom is -0.0785 e. The molecule has 0 nitrogen and oxygen atoms in total. The van der Waals surface area contributed by atoms with Crippen LogP contribution in [0.15, 0.2) is 36.4 Å². The Morgan fingerprint density at radius 1 is 0.929 bits per heavy atom. The van der Waals surface area contributed by atoms with Gasteiger partial charge in [0.2, 0.25) is 0 Å². The van der Waals surface area contributed by atoms with Crippen molar-refractivity contribution in [2.45, 2.75) is 34.6 Å². The molecular weight excluding hydrogens is 168 g/mol. The molecule has 0 aliphatic carbocycles. The third-order valence-electron chi connectivity index (χ3n) is 1.58. The minimum atomic E-state index is 0.274. The van der Waals surface area contributed by atoms with Gasteiger partial charge in [-0.05, 0) is 11.0 Å². The summed E-state index contributed by atoms with van der Waals surface area (Å²) in [5.74, 6) is 0. The van der Waals surface area contributed by atoms with Gasteiger partial charge >= 0.3 is 0 Å². The fraction of sp³-hybridized carbons (Fsp3) is 0.429. The van der Waals surface area contributed by atoms with Crippen LogP contribution in [0.5, 0.6) is 0 Å². The van der Waals surface area contributed by atoms with E-state index >= 15 is 0 Å². The molecule has 1 rings (SSSR count). The van der Waals surface area contributed by atoms with Gasteiger partial charge in [0.15, 0.2) is 0 Å². The highest BCUT2D eigenvalue weighted by molar-refractivity contribution is 5.49. The Kier molecular flexibility index (Phi) is 5.94. The highest BCUT2D eigenvalue weighted by atomic mass is 14.1. The Morgan fingerprint density at radius 2 is 1.43 bits per heavy atom. The second-order valence-electron chi connectivity index (χ2n) is 4.11. The van der Waals surface area contributed by atoms with E-state index in [2.05, 4.69) is 57.2 Å². The van der Waals surface area contributed by atoms with Crippen molar-refractivity contribution in [3.8, 4) is 0 Å². The smallest absolute Gasteiger partial charge is 0.0200 e. The average molecular weight is 190 g/mol. The van der Waals surface area contributed by atoms with Crippen LogP contribution in [-0.4, -0.2) is 0 Å². The molecule has 0 saturated carbocycles. The first-order valence-corrected chi connectivity index (χ1v) is 5.32. The summed E-state index contributed by atoms with van der Waals surface area (Å²) in [7, 11) is 0. The Labute approximate surface area is 88.7 Å². The maximum atomic E-state index is 2.22. The van der Waals surface area contributed by atoms with Gasteiger partial charge in [0.05, 0.1) is 0 Å². The third-order valence-corrected chi connectivity index (χ3v) is 1.58. The van der Waals surface area contributed by atoms with E-state index in [-0.39, 0.29) is 5.41 Å². The van der Waals surface area contributed by atoms with E-state index in [9.17, 15) is 0 Å². The van der Waals surface area contributed by atoms with Crippen molar-refractivity contribution < 1.29 is 0 Å². The predicted octanol–water partition coefficient (Wildman–Crippen LogP) is 4.77. The lowest BCUT2D eigenvalue weighted by Gasteiger charge is -2.10. The number of benzene rings is 1. The van der Waals surface area contributed by atoms with Crippen molar-refractivity contribution in [2.24, 2.45) is 5.41 Å². The van der Waals surface area contributed by atoms with E-state index in [1.165, 1.54) is 5.56 Å². The molecule has 0 aromatic heterocycles. The third kappa shape index (κ3) is 6.47. The van der Waals surface area contributed by atoms with Crippen LogP contribution in [0, 0.1) is 5.41 Å². The SMILES string of the molecule is CC.CC(C)(C)C=Cc1ccccc1. The van der Waals surface area contributed by atoms with E-state index in [1.54, 1.807) is 0 Å². The zero-order valence-corrected chi connectivity index (χ0v) is 10.0. The van der Waals surface area contributed by atoms with Crippen molar-refractivity contribution in [3.63, 3.8) is 0 Å². The van der Waals surface area contributed by atoms with E-state index < -0.39 is 0 Å². The minimum absolute atomic E-state index is 0.274. The average Bonchev–Trinajstić information content (AvgIpc) is 2.19. The van der Waals surface area contributed by atoms with Gasteiger partial charge in [-0.25, -0.2) is 0 Å². The molecule has 14 heavy (non-hydrogen) atoms. The summed E-state index contributed by atoms with van der Waals surface area (Å²) < 4.78 is 0. The Bertz CT molecular complexity index is 249. The van der Waals surface area contributed by atoms with Crippen LogP contribution in [0.3, 0.4) is 0 Å². The van der Waals surface area contributed by atoms with Gasteiger partial charge < -0.3 is 0 Å². The second-order valence-corrected chi connectivity index (χ2v) is 4.11. The van der Waals surface area contributed by atoms with E-state index in [0.29, 0.717) is 0 Å². The molecule has 78 valence electrons. The van der Waals surface area contributed by atoms with Gasteiger partial charge in [0, 0.05) is 0 Å². The molecule has 0 aliphatic rings. The van der Waals surface area contributed by atoms with Crippen molar-refractivity contribution in [1.29, 1.82) is 0 Å². The lowest BCUT2D eigenvalue weighted by atomic mass is 9.95. The molecule has 1 aromatic rings. The first kappa shape index (κ1) is 13.0. The van der Waals surface area contributed by atoms with Gasteiger partial charge in [-0.3, -0.25) is 0 Å². The molecule has 0 amide bonds. The van der Waals surface area contributed by atoms with Crippen molar-refractivity contribution in [1.82, 2.24) is 0 Å². The van der Waals surface area contributed by atoms with Crippen molar-refractivity contribution in [3.05, 3.63) is 42.0 Å². The summed E-state index contributed by atoms with van der Waals surface area (Å²) in [5, 5.41) is 0. The standard InChI is InChI=1S/C12H16.C2H6/c1-12(2,3)10-9-11-7-5-4-6-8-11;1-2/h4-10H,1-3H3;1-2H3. The molecule has 0 heteroatoms. The van der Waals surface area contributed by atoms with Crippen LogP contribution < -0.4 is 0 Å². The van der Waals surface area contributed by atoms with Gasteiger partial charge in [-0.15, -0.1) is 0 Å². The lowest BCUT2D eigenvalue weighted by Crippen LogP contribution is -1.97. The Balaban J connectivity index is 0.000000791. The lowest BCUT2D eigenvalue weighted by molar-refractivity contribution is 0.547. The van der Waals surface area contributed by atoms with Crippen LogP contribution in [-0.2, 0) is 0 Å². The quantitative estimate of drug-likeness (QED) is 0.598. The molecule has 0 atom stereocenters.